The maximum absolute atomic E-state index is 5.10. The van der Waals surface area contributed by atoms with Crippen molar-refractivity contribution in [2.75, 3.05) is 0 Å². The first kappa shape index (κ1) is 65.1. The summed E-state index contributed by atoms with van der Waals surface area (Å²) in [6.07, 6.45) is 3.76. The zero-order valence-electron chi connectivity index (χ0n) is 60.7. The van der Waals surface area contributed by atoms with Crippen molar-refractivity contribution in [2.45, 2.75) is 0 Å². The van der Waals surface area contributed by atoms with E-state index in [-0.39, 0.29) is 0 Å². The van der Waals surface area contributed by atoms with E-state index in [0.717, 1.165) is 129 Å². The third-order valence-electron chi connectivity index (χ3n) is 21.8. The van der Waals surface area contributed by atoms with Gasteiger partial charge in [0.1, 0.15) is 11.3 Å². The maximum atomic E-state index is 5.10. The van der Waals surface area contributed by atoms with Crippen LogP contribution in [0.3, 0.4) is 0 Å². The van der Waals surface area contributed by atoms with E-state index in [1.165, 1.54) is 65.6 Å². The lowest BCUT2D eigenvalue weighted by atomic mass is 9.98. The molecule has 0 aliphatic carbocycles. The molecular weight excluding hydrogens is 1360 g/mol. The fourth-order valence-corrected chi connectivity index (χ4v) is 16.6. The van der Waals surface area contributed by atoms with Gasteiger partial charge in [-0.2, -0.15) is 0 Å². The lowest BCUT2D eigenvalue weighted by Gasteiger charge is -2.12. The van der Waals surface area contributed by atoms with Gasteiger partial charge in [0.2, 0.25) is 0 Å². The monoisotopic (exact) mass is 1430 g/mol. The molecule has 22 aromatic rings. The van der Waals surface area contributed by atoms with E-state index in [0.29, 0.717) is 5.82 Å². The van der Waals surface area contributed by atoms with Crippen molar-refractivity contribution in [1.82, 2.24) is 43.2 Å². The van der Waals surface area contributed by atoms with Crippen molar-refractivity contribution in [3.8, 4) is 113 Å². The van der Waals surface area contributed by atoms with Gasteiger partial charge in [0, 0.05) is 106 Å². The molecule has 8 heterocycles. The molecule has 0 atom stereocenters. The first-order valence-electron chi connectivity index (χ1n) is 37.9. The quantitative estimate of drug-likeness (QED) is 0.122. The number of para-hydroxylation sites is 4. The summed E-state index contributed by atoms with van der Waals surface area (Å²) in [5.41, 5.74) is 29.3. The molecule has 524 valence electrons. The minimum absolute atomic E-state index is 0.708. The second kappa shape index (κ2) is 27.5. The third kappa shape index (κ3) is 11.4. The summed E-state index contributed by atoms with van der Waals surface area (Å²) in [5.74, 6) is 0.708. The topological polar surface area (TPSA) is 84.2 Å². The number of nitrogens with zero attached hydrogens (tertiary/aromatic N) is 9. The molecule has 0 saturated heterocycles. The molecule has 9 heteroatoms. The van der Waals surface area contributed by atoms with Crippen LogP contribution in [-0.2, 0) is 0 Å². The summed E-state index contributed by atoms with van der Waals surface area (Å²) >= 11 is 0. The highest BCUT2D eigenvalue weighted by Gasteiger charge is 2.23. The number of aromatic nitrogens is 9. The predicted octanol–water partition coefficient (Wildman–Crippen LogP) is 26.1. The van der Waals surface area contributed by atoms with Crippen molar-refractivity contribution >= 4 is 87.5 Å². The van der Waals surface area contributed by atoms with Gasteiger partial charge in [-0.3, -0.25) is 9.13 Å². The van der Waals surface area contributed by atoms with Crippen LogP contribution in [0.1, 0.15) is 0 Å². The molecule has 112 heavy (non-hydrogen) atoms. The van der Waals surface area contributed by atoms with Crippen LogP contribution in [0, 0.1) is 0 Å². The molecular formula is C103H67N9. The van der Waals surface area contributed by atoms with Crippen LogP contribution in [-0.4, -0.2) is 43.2 Å². The summed E-state index contributed by atoms with van der Waals surface area (Å²) in [7, 11) is 0. The van der Waals surface area contributed by atoms with Gasteiger partial charge in [-0.15, -0.1) is 0 Å². The molecule has 0 aliphatic rings. The number of hydrogen-bond donors (Lipinski definition) is 0. The first-order valence-corrected chi connectivity index (χ1v) is 37.9. The number of rotatable bonds is 12. The van der Waals surface area contributed by atoms with Gasteiger partial charge in [0.25, 0.3) is 0 Å². The fourth-order valence-electron chi connectivity index (χ4n) is 16.6. The van der Waals surface area contributed by atoms with E-state index in [1.807, 2.05) is 73.1 Å². The molecule has 0 aliphatic heterocycles. The van der Waals surface area contributed by atoms with E-state index in [9.17, 15) is 0 Å². The average molecular weight is 1430 g/mol. The molecule has 14 aromatic carbocycles. The summed E-state index contributed by atoms with van der Waals surface area (Å²) in [4.78, 5) is 24.8. The lowest BCUT2D eigenvalue weighted by molar-refractivity contribution is 1.14. The summed E-state index contributed by atoms with van der Waals surface area (Å²) < 4.78 is 9.31. The van der Waals surface area contributed by atoms with Crippen LogP contribution in [0.4, 0.5) is 0 Å². The lowest BCUT2D eigenvalue weighted by Crippen LogP contribution is -1.97. The number of benzene rings is 14. The summed E-state index contributed by atoms with van der Waals surface area (Å²) in [5, 5.41) is 9.56. The molecule has 0 amide bonds. The Kier molecular flexibility index (Phi) is 16.0. The molecule has 22 rings (SSSR count). The van der Waals surface area contributed by atoms with Crippen LogP contribution < -0.4 is 0 Å². The van der Waals surface area contributed by atoms with Gasteiger partial charge in [-0.25, -0.2) is 24.9 Å². The minimum atomic E-state index is 0.708. The Morgan fingerprint density at radius 3 is 0.946 bits per heavy atom. The number of hydrogen-bond acceptors (Lipinski definition) is 5. The van der Waals surface area contributed by atoms with Crippen LogP contribution >= 0.6 is 0 Å². The minimum Gasteiger partial charge on any atom is -0.309 e. The largest absolute Gasteiger partial charge is 0.309 e. The fraction of sp³-hybridized carbons (Fsp3) is 0. The summed E-state index contributed by atoms with van der Waals surface area (Å²) in [6, 6.07) is 140. The van der Waals surface area contributed by atoms with Crippen LogP contribution in [0.25, 0.3) is 200 Å². The average Bonchev–Trinajstić information content (AvgIpc) is 1.62. The molecule has 0 bridgehead atoms. The normalized spacial score (nSPS) is 11.6. The number of fused-ring (bicyclic) bond motifs is 12. The molecule has 0 fully saturated rings. The third-order valence-corrected chi connectivity index (χ3v) is 21.8. The van der Waals surface area contributed by atoms with E-state index in [2.05, 4.69) is 352 Å². The zero-order valence-corrected chi connectivity index (χ0v) is 60.7. The van der Waals surface area contributed by atoms with E-state index >= 15 is 0 Å². The Morgan fingerprint density at radius 1 is 0.179 bits per heavy atom. The van der Waals surface area contributed by atoms with Gasteiger partial charge in [-0.1, -0.05) is 255 Å². The Labute approximate surface area is 645 Å². The van der Waals surface area contributed by atoms with Crippen molar-refractivity contribution in [3.63, 3.8) is 0 Å². The summed E-state index contributed by atoms with van der Waals surface area (Å²) in [6.45, 7) is 0. The predicted molar refractivity (Wildman–Crippen MR) is 463 cm³/mol. The molecule has 0 unspecified atom stereocenters. The SMILES string of the molecule is c1ccc(-c2cc(-c3ccc(-n4c5ccccc5c5c(-c6ccc7c(c6)c6cccnc6n7-c6ccccc6)cccc54)cc3)cc(-c3ccccc3)n2)cc1.c1ccc(-c2cc(-c3ccc(-n4c5ccccc5c5c(-c6ccc7c(c6)c6cccnc6n7-c6ccccc6)cccc54)cc3)nc(-c3ccccc3)n2)cc1. The van der Waals surface area contributed by atoms with Crippen molar-refractivity contribution in [1.29, 1.82) is 0 Å². The molecule has 9 nitrogen and oxygen atoms in total. The van der Waals surface area contributed by atoms with E-state index in [4.69, 9.17) is 24.9 Å². The van der Waals surface area contributed by atoms with Gasteiger partial charge in [-0.05, 0) is 173 Å². The maximum Gasteiger partial charge on any atom is 0.160 e. The standard InChI is InChI=1S/C52H34N4.C51H33N5/c1-4-14-36(15-5-1)46-33-39(34-47(54-46)37-16-6-2-7-17-37)35-25-28-41(29-26-35)55-48-23-11-10-20-44(48)51-42(21-12-24-50(51)55)38-27-30-49-45(32-38)43-22-13-31-53-52(43)56(49)40-18-8-3-9-19-40;1-4-14-34(15-5-1)44-33-45(54-50(53-44)36-16-6-2-7-17-36)35-25-28-39(29-26-35)55-46-23-11-10-20-42(46)49-40(21-12-24-48(49)55)37-27-30-47-43(32-37)41-22-13-31-52-51(41)56(47)38-18-8-3-9-19-38/h1-34H;1-33H. The van der Waals surface area contributed by atoms with Crippen molar-refractivity contribution in [2.24, 2.45) is 0 Å². The second-order valence-corrected chi connectivity index (χ2v) is 28.3. The highest BCUT2D eigenvalue weighted by molar-refractivity contribution is 6.19. The van der Waals surface area contributed by atoms with Gasteiger partial charge >= 0.3 is 0 Å². The van der Waals surface area contributed by atoms with Crippen molar-refractivity contribution in [3.05, 3.63) is 407 Å². The molecule has 0 radical (unpaired) electrons. The molecule has 0 saturated carbocycles. The van der Waals surface area contributed by atoms with Crippen LogP contribution in [0.15, 0.2) is 407 Å². The number of pyridine rings is 3. The highest BCUT2D eigenvalue weighted by Crippen LogP contribution is 2.45. The second-order valence-electron chi connectivity index (χ2n) is 28.3. The Hall–Kier alpha value is -15.2. The van der Waals surface area contributed by atoms with Gasteiger partial charge in [0.05, 0.1) is 55.9 Å². The Morgan fingerprint density at radius 2 is 0.509 bits per heavy atom. The van der Waals surface area contributed by atoms with Gasteiger partial charge < -0.3 is 9.13 Å². The molecule has 0 spiro atoms. The molecule has 8 aromatic heterocycles. The Bertz CT molecular complexity index is 6760. The Balaban J connectivity index is 0.000000141. The smallest absolute Gasteiger partial charge is 0.160 e. The van der Waals surface area contributed by atoms with Crippen LogP contribution in [0.5, 0.6) is 0 Å². The van der Waals surface area contributed by atoms with Gasteiger partial charge in [0.15, 0.2) is 5.82 Å². The van der Waals surface area contributed by atoms with Crippen LogP contribution in [0.2, 0.25) is 0 Å². The molecule has 0 N–H and O–H groups in total. The van der Waals surface area contributed by atoms with Crippen molar-refractivity contribution < 1.29 is 0 Å². The van der Waals surface area contributed by atoms with E-state index in [1.54, 1.807) is 0 Å². The first-order chi connectivity index (χ1) is 55.6. The van der Waals surface area contributed by atoms with E-state index < -0.39 is 0 Å². The highest BCUT2D eigenvalue weighted by atomic mass is 15.1. The zero-order chi connectivity index (χ0) is 74.0.